The highest BCUT2D eigenvalue weighted by atomic mass is 15.3. The van der Waals surface area contributed by atoms with E-state index in [2.05, 4.69) is 33.3 Å². The van der Waals surface area contributed by atoms with Gasteiger partial charge in [0.25, 0.3) is 0 Å². The van der Waals surface area contributed by atoms with E-state index in [1.807, 2.05) is 24.4 Å². The molecule has 2 N–H and O–H groups in total. The Kier molecular flexibility index (Phi) is 3.83. The Morgan fingerprint density at radius 1 is 0.958 bits per heavy atom. The smallest absolute Gasteiger partial charge is 0.238 e. The SMILES string of the molecule is C1CCC1.Nc1ncc2c(-c3ccc4ncccc4c3)ccn2n1. The third-order valence-electron chi connectivity index (χ3n) is 4.35. The molecule has 3 heterocycles. The second kappa shape index (κ2) is 6.28. The maximum absolute atomic E-state index is 5.59. The molecular weight excluding hydrogens is 298 g/mol. The molecular formula is C19H19N5. The Bertz CT molecular complexity index is 981. The van der Waals surface area contributed by atoms with Crippen molar-refractivity contribution in [3.05, 3.63) is 55.0 Å². The van der Waals surface area contributed by atoms with Crippen LogP contribution in [0.2, 0.25) is 0 Å². The third-order valence-corrected chi connectivity index (χ3v) is 4.35. The molecule has 1 aromatic carbocycles. The molecule has 1 saturated carbocycles. The first-order valence-corrected chi connectivity index (χ1v) is 8.26. The predicted molar refractivity (Wildman–Crippen MR) is 96.6 cm³/mol. The molecule has 0 saturated heterocycles. The minimum atomic E-state index is 0.266. The van der Waals surface area contributed by atoms with E-state index in [9.17, 15) is 0 Å². The van der Waals surface area contributed by atoms with Crippen LogP contribution in [0, 0.1) is 0 Å². The second-order valence-corrected chi connectivity index (χ2v) is 6.00. The standard InChI is InChI=1S/C15H11N5.C4H8/c16-15-18-9-14-12(5-7-20(14)19-15)10-3-4-13-11(8-10)2-1-6-17-13;1-2-4-3-1/h1-9H,(H2,16,19);1-4H2. The first-order valence-electron chi connectivity index (χ1n) is 8.26. The van der Waals surface area contributed by atoms with Gasteiger partial charge in [0, 0.05) is 23.3 Å². The zero-order chi connectivity index (χ0) is 16.4. The number of nitrogens with zero attached hydrogens (tertiary/aromatic N) is 4. The molecule has 5 rings (SSSR count). The summed E-state index contributed by atoms with van der Waals surface area (Å²) in [4.78, 5) is 8.39. The molecule has 5 heteroatoms. The second-order valence-electron chi connectivity index (χ2n) is 6.00. The average molecular weight is 317 g/mol. The van der Waals surface area contributed by atoms with Crippen molar-refractivity contribution in [2.24, 2.45) is 0 Å². The summed E-state index contributed by atoms with van der Waals surface area (Å²) in [6, 6.07) is 12.2. The van der Waals surface area contributed by atoms with Crippen molar-refractivity contribution in [3.8, 4) is 11.1 Å². The van der Waals surface area contributed by atoms with Crippen LogP contribution in [0.5, 0.6) is 0 Å². The summed E-state index contributed by atoms with van der Waals surface area (Å²) in [5.74, 6) is 0.266. The van der Waals surface area contributed by atoms with Gasteiger partial charge < -0.3 is 5.73 Å². The minimum absolute atomic E-state index is 0.266. The van der Waals surface area contributed by atoms with E-state index in [1.165, 1.54) is 25.7 Å². The molecule has 1 fully saturated rings. The summed E-state index contributed by atoms with van der Waals surface area (Å²) in [5.41, 5.74) is 9.71. The van der Waals surface area contributed by atoms with Gasteiger partial charge in [-0.2, -0.15) is 0 Å². The summed E-state index contributed by atoms with van der Waals surface area (Å²) >= 11 is 0. The largest absolute Gasteiger partial charge is 0.367 e. The monoisotopic (exact) mass is 317 g/mol. The summed E-state index contributed by atoms with van der Waals surface area (Å²) in [6.07, 6.45) is 11.4. The molecule has 24 heavy (non-hydrogen) atoms. The van der Waals surface area contributed by atoms with Crippen LogP contribution in [0.15, 0.2) is 55.0 Å². The number of anilines is 1. The summed E-state index contributed by atoms with van der Waals surface area (Å²) < 4.78 is 1.74. The van der Waals surface area contributed by atoms with Crippen molar-refractivity contribution < 1.29 is 0 Å². The van der Waals surface area contributed by atoms with Gasteiger partial charge in [-0.1, -0.05) is 37.8 Å². The van der Waals surface area contributed by atoms with Crippen molar-refractivity contribution in [1.82, 2.24) is 19.6 Å². The molecule has 1 aliphatic carbocycles. The van der Waals surface area contributed by atoms with Gasteiger partial charge in [-0.15, -0.1) is 5.10 Å². The van der Waals surface area contributed by atoms with Gasteiger partial charge in [0.1, 0.15) is 0 Å². The van der Waals surface area contributed by atoms with Crippen LogP contribution >= 0.6 is 0 Å². The fourth-order valence-corrected chi connectivity index (χ4v) is 2.65. The van der Waals surface area contributed by atoms with Gasteiger partial charge in [0.15, 0.2) is 0 Å². The zero-order valence-corrected chi connectivity index (χ0v) is 13.4. The predicted octanol–water partition coefficient (Wildman–Crippen LogP) is 4.09. The fraction of sp³-hybridized carbons (Fsp3) is 0.211. The number of aromatic nitrogens is 4. The van der Waals surface area contributed by atoms with Gasteiger partial charge >= 0.3 is 0 Å². The number of hydrogen-bond acceptors (Lipinski definition) is 4. The Morgan fingerprint density at radius 3 is 2.58 bits per heavy atom. The van der Waals surface area contributed by atoms with Crippen LogP contribution in [0.25, 0.3) is 27.5 Å². The van der Waals surface area contributed by atoms with E-state index in [4.69, 9.17) is 5.73 Å². The maximum Gasteiger partial charge on any atom is 0.238 e. The van der Waals surface area contributed by atoms with E-state index in [-0.39, 0.29) is 5.95 Å². The van der Waals surface area contributed by atoms with Crippen LogP contribution in [0.4, 0.5) is 5.95 Å². The quantitative estimate of drug-likeness (QED) is 0.574. The van der Waals surface area contributed by atoms with Crippen molar-refractivity contribution in [2.75, 3.05) is 5.73 Å². The van der Waals surface area contributed by atoms with Crippen LogP contribution < -0.4 is 5.73 Å². The Labute approximate surface area is 140 Å². The highest BCUT2D eigenvalue weighted by molar-refractivity contribution is 5.88. The molecule has 4 aromatic rings. The summed E-state index contributed by atoms with van der Waals surface area (Å²) in [5, 5.41) is 5.27. The number of benzene rings is 1. The Morgan fingerprint density at radius 2 is 1.79 bits per heavy atom. The third kappa shape index (κ3) is 2.80. The summed E-state index contributed by atoms with van der Waals surface area (Å²) in [7, 11) is 0. The molecule has 0 bridgehead atoms. The lowest BCUT2D eigenvalue weighted by Crippen LogP contribution is -1.99. The molecule has 120 valence electrons. The van der Waals surface area contributed by atoms with E-state index < -0.39 is 0 Å². The molecule has 0 amide bonds. The molecule has 0 unspecified atom stereocenters. The van der Waals surface area contributed by atoms with Crippen molar-refractivity contribution >= 4 is 22.4 Å². The van der Waals surface area contributed by atoms with Crippen molar-refractivity contribution in [1.29, 1.82) is 0 Å². The van der Waals surface area contributed by atoms with Crippen molar-refractivity contribution in [3.63, 3.8) is 0 Å². The lowest BCUT2D eigenvalue weighted by molar-refractivity contribution is 0.504. The van der Waals surface area contributed by atoms with E-state index >= 15 is 0 Å². The number of pyridine rings is 1. The summed E-state index contributed by atoms with van der Waals surface area (Å²) in [6.45, 7) is 0. The molecule has 0 aliphatic heterocycles. The molecule has 0 spiro atoms. The number of nitrogens with two attached hydrogens (primary N) is 1. The number of hydrogen-bond donors (Lipinski definition) is 1. The first kappa shape index (κ1) is 14.6. The van der Waals surface area contributed by atoms with Crippen LogP contribution in [-0.2, 0) is 0 Å². The maximum atomic E-state index is 5.59. The van der Waals surface area contributed by atoms with Gasteiger partial charge in [-0.25, -0.2) is 9.50 Å². The number of nitrogen functional groups attached to an aromatic ring is 1. The first-order chi connectivity index (χ1) is 11.8. The van der Waals surface area contributed by atoms with Crippen LogP contribution in [-0.4, -0.2) is 19.6 Å². The zero-order valence-electron chi connectivity index (χ0n) is 13.4. The number of fused-ring (bicyclic) bond motifs is 2. The van der Waals surface area contributed by atoms with E-state index in [1.54, 1.807) is 16.9 Å². The highest BCUT2D eigenvalue weighted by Gasteiger charge is 2.07. The van der Waals surface area contributed by atoms with Gasteiger partial charge in [-0.3, -0.25) is 4.98 Å². The van der Waals surface area contributed by atoms with Gasteiger partial charge in [0.05, 0.1) is 17.2 Å². The Balaban J connectivity index is 0.000000321. The Hall–Kier alpha value is -2.95. The normalized spacial score (nSPS) is 13.3. The van der Waals surface area contributed by atoms with Gasteiger partial charge in [-0.05, 0) is 29.8 Å². The lowest BCUT2D eigenvalue weighted by atomic mass is 10.0. The average Bonchev–Trinajstić information content (AvgIpc) is 2.95. The van der Waals surface area contributed by atoms with E-state index in [0.29, 0.717) is 0 Å². The molecule has 0 atom stereocenters. The molecule has 3 aromatic heterocycles. The van der Waals surface area contributed by atoms with E-state index in [0.717, 1.165) is 27.5 Å². The fourth-order valence-electron chi connectivity index (χ4n) is 2.65. The topological polar surface area (TPSA) is 69.1 Å². The van der Waals surface area contributed by atoms with Crippen LogP contribution in [0.3, 0.4) is 0 Å². The lowest BCUT2D eigenvalue weighted by Gasteiger charge is -2.05. The van der Waals surface area contributed by atoms with Crippen molar-refractivity contribution in [2.45, 2.75) is 25.7 Å². The van der Waals surface area contributed by atoms with Crippen LogP contribution in [0.1, 0.15) is 25.7 Å². The highest BCUT2D eigenvalue weighted by Crippen LogP contribution is 2.27. The molecule has 0 radical (unpaired) electrons. The van der Waals surface area contributed by atoms with Gasteiger partial charge in [0.2, 0.25) is 5.95 Å². The molecule has 1 aliphatic rings. The minimum Gasteiger partial charge on any atom is -0.367 e. The molecule has 5 nitrogen and oxygen atoms in total. The number of rotatable bonds is 1.